The first-order chi connectivity index (χ1) is 6.76. The Labute approximate surface area is 87.6 Å². The molecule has 14 heavy (non-hydrogen) atoms. The zero-order valence-corrected chi connectivity index (χ0v) is 8.84. The van der Waals surface area contributed by atoms with E-state index < -0.39 is 0 Å². The van der Waals surface area contributed by atoms with E-state index in [-0.39, 0.29) is 5.97 Å². The molecule has 2 N–H and O–H groups in total. The molecule has 3 nitrogen and oxygen atoms in total. The summed E-state index contributed by atoms with van der Waals surface area (Å²) in [6.07, 6.45) is 0. The normalized spacial score (nSPS) is 9.86. The number of methoxy groups -OCH3 is 1. The Bertz CT molecular complexity index is 315. The average Bonchev–Trinajstić information content (AvgIpc) is 2.26. The predicted octanol–water partition coefficient (Wildman–Crippen LogP) is 1.41. The van der Waals surface area contributed by atoms with Crippen LogP contribution in [0.4, 0.5) is 0 Å². The number of nitrogens with two attached hydrogens (primary N) is 1. The highest BCUT2D eigenvalue weighted by molar-refractivity contribution is 8.00. The molecule has 1 rings (SSSR count). The first-order valence-electron chi connectivity index (χ1n) is 4.25. The molecular formula is C10H13NO2S. The fourth-order valence-electron chi connectivity index (χ4n) is 0.963. The van der Waals surface area contributed by atoms with Crippen LogP contribution >= 0.6 is 11.8 Å². The summed E-state index contributed by atoms with van der Waals surface area (Å²) >= 11 is 1.45. The maximum Gasteiger partial charge on any atom is 0.315 e. The van der Waals surface area contributed by atoms with E-state index in [4.69, 9.17) is 5.73 Å². The van der Waals surface area contributed by atoms with E-state index in [1.54, 1.807) is 0 Å². The van der Waals surface area contributed by atoms with Crippen LogP contribution in [-0.4, -0.2) is 18.8 Å². The van der Waals surface area contributed by atoms with Gasteiger partial charge < -0.3 is 10.5 Å². The van der Waals surface area contributed by atoms with Crippen molar-refractivity contribution in [2.24, 2.45) is 5.73 Å². The quantitative estimate of drug-likeness (QED) is 0.604. The lowest BCUT2D eigenvalue weighted by Gasteiger charge is -2.02. The van der Waals surface area contributed by atoms with Crippen molar-refractivity contribution in [1.82, 2.24) is 0 Å². The Morgan fingerprint density at radius 1 is 1.57 bits per heavy atom. The van der Waals surface area contributed by atoms with Gasteiger partial charge in [-0.1, -0.05) is 12.1 Å². The largest absolute Gasteiger partial charge is 0.468 e. The highest BCUT2D eigenvalue weighted by atomic mass is 32.2. The molecule has 0 saturated carbocycles. The number of hydrogen-bond acceptors (Lipinski definition) is 4. The summed E-state index contributed by atoms with van der Waals surface area (Å²) in [5, 5.41) is 0. The van der Waals surface area contributed by atoms with Crippen LogP contribution in [0.2, 0.25) is 0 Å². The van der Waals surface area contributed by atoms with Crippen LogP contribution < -0.4 is 5.73 Å². The standard InChI is InChI=1S/C10H13NO2S/c1-13-10(12)7-14-9-4-2-3-8(5-9)6-11/h2-5H,6-7,11H2,1H3. The second-order valence-electron chi connectivity index (χ2n) is 2.72. The molecule has 76 valence electrons. The minimum atomic E-state index is -0.215. The lowest BCUT2D eigenvalue weighted by molar-refractivity contribution is -0.137. The number of thioether (sulfide) groups is 1. The molecule has 0 aliphatic heterocycles. The van der Waals surface area contributed by atoms with Gasteiger partial charge in [0.25, 0.3) is 0 Å². The summed E-state index contributed by atoms with van der Waals surface area (Å²) in [6, 6.07) is 7.82. The summed E-state index contributed by atoms with van der Waals surface area (Å²) in [7, 11) is 1.39. The molecule has 1 aromatic rings. The fraction of sp³-hybridized carbons (Fsp3) is 0.300. The average molecular weight is 211 g/mol. The van der Waals surface area contributed by atoms with Crippen molar-refractivity contribution in [3.63, 3.8) is 0 Å². The Kier molecular flexibility index (Phi) is 4.49. The molecule has 0 atom stereocenters. The molecule has 1 aromatic carbocycles. The molecule has 0 spiro atoms. The molecular weight excluding hydrogens is 198 g/mol. The van der Waals surface area contributed by atoms with E-state index in [0.717, 1.165) is 10.5 Å². The van der Waals surface area contributed by atoms with Gasteiger partial charge in [0.15, 0.2) is 0 Å². The van der Waals surface area contributed by atoms with Crippen molar-refractivity contribution in [1.29, 1.82) is 0 Å². The van der Waals surface area contributed by atoms with Crippen LogP contribution in [0.3, 0.4) is 0 Å². The number of esters is 1. The van der Waals surface area contributed by atoms with Crippen molar-refractivity contribution in [2.45, 2.75) is 11.4 Å². The van der Waals surface area contributed by atoms with Crippen LogP contribution in [0.25, 0.3) is 0 Å². The lowest BCUT2D eigenvalue weighted by Crippen LogP contribution is -2.03. The molecule has 0 aliphatic carbocycles. The predicted molar refractivity (Wildman–Crippen MR) is 57.1 cm³/mol. The second-order valence-corrected chi connectivity index (χ2v) is 3.77. The van der Waals surface area contributed by atoms with Crippen LogP contribution in [0, 0.1) is 0 Å². The third-order valence-corrected chi connectivity index (χ3v) is 2.69. The number of carbonyl (C=O) groups excluding carboxylic acids is 1. The van der Waals surface area contributed by atoms with Crippen LogP contribution in [0.1, 0.15) is 5.56 Å². The first kappa shape index (κ1) is 11.1. The van der Waals surface area contributed by atoms with E-state index >= 15 is 0 Å². The van der Waals surface area contributed by atoms with E-state index in [1.807, 2.05) is 24.3 Å². The van der Waals surface area contributed by atoms with Gasteiger partial charge in [0.05, 0.1) is 12.9 Å². The van der Waals surface area contributed by atoms with Gasteiger partial charge in [0.2, 0.25) is 0 Å². The molecule has 0 unspecified atom stereocenters. The SMILES string of the molecule is COC(=O)CSc1cccc(CN)c1. The number of hydrogen-bond donors (Lipinski definition) is 1. The molecule has 0 amide bonds. The monoisotopic (exact) mass is 211 g/mol. The Hall–Kier alpha value is -1.00. The smallest absolute Gasteiger partial charge is 0.315 e. The van der Waals surface area contributed by atoms with Crippen molar-refractivity contribution < 1.29 is 9.53 Å². The van der Waals surface area contributed by atoms with E-state index in [9.17, 15) is 4.79 Å². The van der Waals surface area contributed by atoms with Gasteiger partial charge in [-0.25, -0.2) is 0 Å². The molecule has 4 heteroatoms. The highest BCUT2D eigenvalue weighted by Gasteiger charge is 2.01. The third kappa shape index (κ3) is 3.40. The van der Waals surface area contributed by atoms with Gasteiger partial charge >= 0.3 is 5.97 Å². The summed E-state index contributed by atoms with van der Waals surface area (Å²) in [5.41, 5.74) is 6.57. The number of benzene rings is 1. The molecule has 0 radical (unpaired) electrons. The molecule has 0 aromatic heterocycles. The Morgan fingerprint density at radius 3 is 3.00 bits per heavy atom. The number of carbonyl (C=O) groups is 1. The number of rotatable bonds is 4. The molecule has 0 bridgehead atoms. The molecule has 0 aliphatic rings. The van der Waals surface area contributed by atoms with Crippen molar-refractivity contribution in [3.05, 3.63) is 29.8 Å². The fourth-order valence-corrected chi connectivity index (χ4v) is 1.78. The van der Waals surface area contributed by atoms with Crippen LogP contribution in [0.5, 0.6) is 0 Å². The maximum absolute atomic E-state index is 10.9. The Balaban J connectivity index is 2.54. The summed E-state index contributed by atoms with van der Waals surface area (Å²) in [4.78, 5) is 11.9. The van der Waals surface area contributed by atoms with Crippen LogP contribution in [-0.2, 0) is 16.1 Å². The van der Waals surface area contributed by atoms with Gasteiger partial charge in [-0.05, 0) is 17.7 Å². The van der Waals surface area contributed by atoms with E-state index in [1.165, 1.54) is 18.9 Å². The van der Waals surface area contributed by atoms with Crippen LogP contribution in [0.15, 0.2) is 29.2 Å². The number of ether oxygens (including phenoxy) is 1. The van der Waals surface area contributed by atoms with Gasteiger partial charge in [0.1, 0.15) is 0 Å². The zero-order chi connectivity index (χ0) is 10.4. The topological polar surface area (TPSA) is 52.3 Å². The van der Waals surface area contributed by atoms with Gasteiger partial charge in [0, 0.05) is 11.4 Å². The van der Waals surface area contributed by atoms with Gasteiger partial charge in [-0.2, -0.15) is 0 Å². The van der Waals surface area contributed by atoms with Crippen molar-refractivity contribution in [3.8, 4) is 0 Å². The Morgan fingerprint density at radius 2 is 2.36 bits per heavy atom. The van der Waals surface area contributed by atoms with E-state index in [2.05, 4.69) is 4.74 Å². The summed E-state index contributed by atoms with van der Waals surface area (Å²) in [6.45, 7) is 0.520. The van der Waals surface area contributed by atoms with Crippen molar-refractivity contribution >= 4 is 17.7 Å². The lowest BCUT2D eigenvalue weighted by atomic mass is 10.2. The summed E-state index contributed by atoms with van der Waals surface area (Å²) < 4.78 is 4.54. The zero-order valence-electron chi connectivity index (χ0n) is 8.03. The summed E-state index contributed by atoms with van der Waals surface area (Å²) in [5.74, 6) is 0.123. The third-order valence-electron chi connectivity index (χ3n) is 1.72. The van der Waals surface area contributed by atoms with E-state index in [0.29, 0.717) is 12.3 Å². The molecule has 0 heterocycles. The van der Waals surface area contributed by atoms with Gasteiger partial charge in [-0.15, -0.1) is 11.8 Å². The maximum atomic E-state index is 10.9. The minimum absolute atomic E-state index is 0.215. The first-order valence-corrected chi connectivity index (χ1v) is 5.23. The van der Waals surface area contributed by atoms with Gasteiger partial charge in [-0.3, -0.25) is 4.79 Å². The minimum Gasteiger partial charge on any atom is -0.468 e. The second kappa shape index (κ2) is 5.67. The molecule has 0 fully saturated rings. The molecule has 0 saturated heterocycles. The highest BCUT2D eigenvalue weighted by Crippen LogP contribution is 2.18. The van der Waals surface area contributed by atoms with Crippen molar-refractivity contribution in [2.75, 3.05) is 12.9 Å².